The maximum Gasteiger partial charge on any atom is 0.243 e. The number of rotatable bonds is 2. The first-order chi connectivity index (χ1) is 10.6. The first-order valence-electron chi connectivity index (χ1n) is 7.62. The zero-order chi connectivity index (χ0) is 15.3. The van der Waals surface area contributed by atoms with Crippen molar-refractivity contribution in [1.29, 1.82) is 0 Å². The topological polar surface area (TPSA) is 62.3 Å². The Balaban J connectivity index is 1.84. The van der Waals surface area contributed by atoms with Gasteiger partial charge in [-0.05, 0) is 37.4 Å². The molecule has 2 fully saturated rings. The van der Waals surface area contributed by atoms with Crippen molar-refractivity contribution >= 4 is 20.8 Å². The van der Waals surface area contributed by atoms with E-state index in [2.05, 4.69) is 10.3 Å². The molecular formula is C16H19N3O2S. The fourth-order valence-corrected chi connectivity index (χ4v) is 5.56. The van der Waals surface area contributed by atoms with Gasteiger partial charge in [-0.3, -0.25) is 4.98 Å². The molecule has 1 aromatic heterocycles. The summed E-state index contributed by atoms with van der Waals surface area (Å²) in [6, 6.07) is 5.73. The third-order valence-corrected chi connectivity index (χ3v) is 6.63. The average molecular weight is 317 g/mol. The molecular weight excluding hydrogens is 298 g/mol. The van der Waals surface area contributed by atoms with Crippen LogP contribution in [0.2, 0.25) is 0 Å². The Labute approximate surface area is 130 Å². The number of nitrogens with zero attached hydrogens (tertiary/aromatic N) is 2. The van der Waals surface area contributed by atoms with Gasteiger partial charge in [-0.2, -0.15) is 4.31 Å². The summed E-state index contributed by atoms with van der Waals surface area (Å²) in [6.45, 7) is 4.02. The van der Waals surface area contributed by atoms with Gasteiger partial charge in [-0.15, -0.1) is 0 Å². The van der Waals surface area contributed by atoms with Crippen LogP contribution in [0, 0.1) is 12.8 Å². The largest absolute Gasteiger partial charge is 0.312 e. The summed E-state index contributed by atoms with van der Waals surface area (Å²) in [5.74, 6) is 0.436. The molecule has 4 rings (SSSR count). The maximum atomic E-state index is 13.2. The van der Waals surface area contributed by atoms with Crippen LogP contribution in [-0.4, -0.2) is 43.4 Å². The number of nitrogens with one attached hydrogen (secondary N) is 1. The van der Waals surface area contributed by atoms with Crippen molar-refractivity contribution < 1.29 is 8.42 Å². The molecule has 6 heteroatoms. The lowest BCUT2D eigenvalue weighted by Crippen LogP contribution is -2.44. The number of aromatic nitrogens is 1. The molecule has 2 unspecified atom stereocenters. The van der Waals surface area contributed by atoms with Gasteiger partial charge >= 0.3 is 0 Å². The van der Waals surface area contributed by atoms with Crippen molar-refractivity contribution in [1.82, 2.24) is 14.6 Å². The van der Waals surface area contributed by atoms with Crippen LogP contribution in [0.4, 0.5) is 0 Å². The Morgan fingerprint density at radius 3 is 2.95 bits per heavy atom. The minimum Gasteiger partial charge on any atom is -0.312 e. The lowest BCUT2D eigenvalue weighted by molar-refractivity contribution is 0.295. The molecule has 2 bridgehead atoms. The molecule has 0 amide bonds. The molecule has 116 valence electrons. The van der Waals surface area contributed by atoms with Gasteiger partial charge in [0.25, 0.3) is 0 Å². The first-order valence-corrected chi connectivity index (χ1v) is 9.06. The smallest absolute Gasteiger partial charge is 0.243 e. The average Bonchev–Trinajstić information content (AvgIpc) is 2.85. The van der Waals surface area contributed by atoms with Crippen molar-refractivity contribution in [2.45, 2.75) is 24.3 Å². The standard InChI is InChI=1S/C16H19N3O2S/c1-11-6-17-8-13-3-2-4-15(16(11)13)22(20,21)19-9-12-5-14(10-19)18-7-12/h2-4,6,8,12,14,18H,5,7,9-10H2,1H3. The molecule has 2 saturated heterocycles. The van der Waals surface area contributed by atoms with E-state index in [1.54, 1.807) is 28.8 Å². The number of hydrogen-bond donors (Lipinski definition) is 1. The van der Waals surface area contributed by atoms with Gasteiger partial charge < -0.3 is 5.32 Å². The molecule has 2 aliphatic rings. The minimum absolute atomic E-state index is 0.297. The molecule has 5 nitrogen and oxygen atoms in total. The summed E-state index contributed by atoms with van der Waals surface area (Å²) in [4.78, 5) is 4.57. The second kappa shape index (κ2) is 5.01. The van der Waals surface area contributed by atoms with Gasteiger partial charge in [0, 0.05) is 42.3 Å². The van der Waals surface area contributed by atoms with E-state index in [9.17, 15) is 8.42 Å². The van der Waals surface area contributed by atoms with E-state index >= 15 is 0 Å². The molecule has 1 aromatic carbocycles. The Morgan fingerprint density at radius 2 is 2.14 bits per heavy atom. The van der Waals surface area contributed by atoms with E-state index in [1.807, 2.05) is 13.0 Å². The van der Waals surface area contributed by atoms with Gasteiger partial charge in [-0.1, -0.05) is 12.1 Å². The van der Waals surface area contributed by atoms with Crippen LogP contribution in [0.3, 0.4) is 0 Å². The zero-order valence-electron chi connectivity index (χ0n) is 12.5. The highest BCUT2D eigenvalue weighted by Crippen LogP contribution is 2.31. The fourth-order valence-electron chi connectivity index (χ4n) is 3.71. The Kier molecular flexibility index (Phi) is 3.21. The number of piperidine rings is 1. The number of sulfonamides is 1. The second-order valence-corrected chi connectivity index (χ2v) is 8.25. The zero-order valence-corrected chi connectivity index (χ0v) is 13.3. The summed E-state index contributed by atoms with van der Waals surface area (Å²) >= 11 is 0. The first kappa shape index (κ1) is 14.1. The van der Waals surface area contributed by atoms with Crippen molar-refractivity contribution in [3.63, 3.8) is 0 Å². The van der Waals surface area contributed by atoms with Crippen LogP contribution in [0.15, 0.2) is 35.5 Å². The third-order valence-electron chi connectivity index (χ3n) is 4.75. The van der Waals surface area contributed by atoms with E-state index < -0.39 is 10.0 Å². The Hall–Kier alpha value is -1.50. The highest BCUT2D eigenvalue weighted by Gasteiger charge is 2.38. The Bertz CT molecular complexity index is 817. The van der Waals surface area contributed by atoms with Crippen LogP contribution in [0.25, 0.3) is 10.8 Å². The summed E-state index contributed by atoms with van der Waals surface area (Å²) in [5.41, 5.74) is 0.898. The van der Waals surface area contributed by atoms with Crippen molar-refractivity contribution in [2.24, 2.45) is 5.92 Å². The molecule has 22 heavy (non-hydrogen) atoms. The predicted octanol–water partition coefficient (Wildman–Crippen LogP) is 1.53. The molecule has 0 aliphatic carbocycles. The van der Waals surface area contributed by atoms with Gasteiger partial charge in [0.1, 0.15) is 0 Å². The predicted molar refractivity (Wildman–Crippen MR) is 85.1 cm³/mol. The van der Waals surface area contributed by atoms with Gasteiger partial charge in [-0.25, -0.2) is 8.42 Å². The van der Waals surface area contributed by atoms with E-state index in [-0.39, 0.29) is 0 Å². The lowest BCUT2D eigenvalue weighted by atomic mass is 10.0. The summed E-state index contributed by atoms with van der Waals surface area (Å²) in [6.07, 6.45) is 4.54. The van der Waals surface area contributed by atoms with Gasteiger partial charge in [0.05, 0.1) is 4.90 Å². The number of fused-ring (bicyclic) bond motifs is 3. The van der Waals surface area contributed by atoms with Crippen LogP contribution in [-0.2, 0) is 10.0 Å². The van der Waals surface area contributed by atoms with Crippen LogP contribution in [0.5, 0.6) is 0 Å². The van der Waals surface area contributed by atoms with E-state index in [4.69, 9.17) is 0 Å². The van der Waals surface area contributed by atoms with E-state index in [1.165, 1.54) is 0 Å². The van der Waals surface area contributed by atoms with Crippen LogP contribution < -0.4 is 5.32 Å². The molecule has 2 aliphatic heterocycles. The van der Waals surface area contributed by atoms with Crippen molar-refractivity contribution in [3.8, 4) is 0 Å². The van der Waals surface area contributed by atoms with E-state index in [0.717, 1.165) is 29.3 Å². The van der Waals surface area contributed by atoms with Gasteiger partial charge in [0.15, 0.2) is 0 Å². The van der Waals surface area contributed by atoms with Crippen molar-refractivity contribution in [3.05, 3.63) is 36.2 Å². The van der Waals surface area contributed by atoms with Gasteiger partial charge in [0.2, 0.25) is 10.0 Å². The third kappa shape index (κ3) is 2.14. The molecule has 0 radical (unpaired) electrons. The molecule has 3 heterocycles. The normalized spacial score (nSPS) is 25.7. The molecule has 0 saturated carbocycles. The van der Waals surface area contributed by atoms with Crippen molar-refractivity contribution in [2.75, 3.05) is 19.6 Å². The second-order valence-electron chi connectivity index (χ2n) is 6.34. The summed E-state index contributed by atoms with van der Waals surface area (Å²) < 4.78 is 28.0. The Morgan fingerprint density at radius 1 is 1.27 bits per heavy atom. The molecule has 2 atom stereocenters. The number of hydrogen-bond acceptors (Lipinski definition) is 4. The summed E-state index contributed by atoms with van der Waals surface area (Å²) in [7, 11) is -3.47. The highest BCUT2D eigenvalue weighted by atomic mass is 32.2. The monoisotopic (exact) mass is 317 g/mol. The quantitative estimate of drug-likeness (QED) is 0.912. The van der Waals surface area contributed by atoms with Crippen LogP contribution in [0.1, 0.15) is 12.0 Å². The fraction of sp³-hybridized carbons (Fsp3) is 0.438. The summed E-state index contributed by atoms with van der Waals surface area (Å²) in [5, 5.41) is 5.07. The van der Waals surface area contributed by atoms with Crippen LogP contribution >= 0.6 is 0 Å². The minimum atomic E-state index is -3.47. The molecule has 0 spiro atoms. The number of aryl methyl sites for hydroxylation is 1. The number of pyridine rings is 1. The molecule has 2 aromatic rings. The number of benzene rings is 1. The molecule has 1 N–H and O–H groups in total. The SMILES string of the molecule is Cc1cncc2cccc(S(=O)(=O)N3CC4CNC(C4)C3)c12. The lowest BCUT2D eigenvalue weighted by Gasteiger charge is -2.30. The van der Waals surface area contributed by atoms with E-state index in [0.29, 0.717) is 29.9 Å². The maximum absolute atomic E-state index is 13.2. The highest BCUT2D eigenvalue weighted by molar-refractivity contribution is 7.89.